The highest BCUT2D eigenvalue weighted by Crippen LogP contribution is 2.19. The van der Waals surface area contributed by atoms with E-state index in [1.807, 2.05) is 18.2 Å². The van der Waals surface area contributed by atoms with E-state index in [-0.39, 0.29) is 17.4 Å². The molecule has 94 valence electrons. The second-order valence-corrected chi connectivity index (χ2v) is 5.30. The minimum Gasteiger partial charge on any atom is -0.351 e. The van der Waals surface area contributed by atoms with Gasteiger partial charge in [0, 0.05) is 12.0 Å². The molecule has 17 heavy (non-hydrogen) atoms. The molecule has 0 aliphatic carbocycles. The first-order valence-corrected chi connectivity index (χ1v) is 6.30. The fraction of sp³-hybridized carbons (Fsp3) is 0.533. The van der Waals surface area contributed by atoms with E-state index < -0.39 is 0 Å². The summed E-state index contributed by atoms with van der Waals surface area (Å²) in [5.74, 6) is 0.400. The van der Waals surface area contributed by atoms with E-state index in [9.17, 15) is 4.79 Å². The van der Waals surface area contributed by atoms with Crippen LogP contribution in [0.25, 0.3) is 0 Å². The van der Waals surface area contributed by atoms with E-state index in [4.69, 9.17) is 0 Å². The number of carbonyl (C=O) groups is 1. The molecule has 0 saturated heterocycles. The zero-order chi connectivity index (χ0) is 12.9. The molecule has 2 nitrogen and oxygen atoms in total. The van der Waals surface area contributed by atoms with Crippen LogP contribution in [0.4, 0.5) is 0 Å². The van der Waals surface area contributed by atoms with Crippen molar-refractivity contribution in [2.75, 3.05) is 0 Å². The van der Waals surface area contributed by atoms with Crippen molar-refractivity contribution in [1.82, 2.24) is 5.32 Å². The lowest BCUT2D eigenvalue weighted by atomic mass is 9.96. The van der Waals surface area contributed by atoms with Crippen molar-refractivity contribution < 1.29 is 4.79 Å². The molecule has 1 N–H and O–H groups in total. The lowest BCUT2D eigenvalue weighted by Crippen LogP contribution is -2.43. The minimum atomic E-state index is -0.104. The quantitative estimate of drug-likeness (QED) is 0.828. The highest BCUT2D eigenvalue weighted by atomic mass is 16.1. The number of benzene rings is 1. The third-order valence-corrected chi connectivity index (χ3v) is 3.22. The zero-order valence-corrected chi connectivity index (χ0v) is 11.3. The Labute approximate surface area is 104 Å². The highest BCUT2D eigenvalue weighted by Gasteiger charge is 2.19. The van der Waals surface area contributed by atoms with Crippen molar-refractivity contribution in [3.8, 4) is 0 Å². The summed E-state index contributed by atoms with van der Waals surface area (Å²) in [6.07, 6.45) is 1.49. The first kappa shape index (κ1) is 13.8. The molecular weight excluding hydrogens is 210 g/mol. The average Bonchev–Trinajstić information content (AvgIpc) is 2.29. The van der Waals surface area contributed by atoms with E-state index in [0.717, 1.165) is 6.42 Å². The van der Waals surface area contributed by atoms with Crippen molar-refractivity contribution in [3.05, 3.63) is 35.9 Å². The molecule has 0 heterocycles. The molecule has 0 aliphatic heterocycles. The molecule has 0 spiro atoms. The van der Waals surface area contributed by atoms with Crippen LogP contribution in [0.5, 0.6) is 0 Å². The largest absolute Gasteiger partial charge is 0.351 e. The van der Waals surface area contributed by atoms with Crippen LogP contribution in [0.3, 0.4) is 0 Å². The monoisotopic (exact) mass is 233 g/mol. The third kappa shape index (κ3) is 4.59. The number of rotatable bonds is 5. The zero-order valence-electron chi connectivity index (χ0n) is 11.3. The Bertz CT molecular complexity index is 356. The molecule has 1 atom stereocenters. The Morgan fingerprint density at radius 1 is 1.29 bits per heavy atom. The van der Waals surface area contributed by atoms with E-state index in [2.05, 4.69) is 45.1 Å². The van der Waals surface area contributed by atoms with Crippen LogP contribution >= 0.6 is 0 Å². The Morgan fingerprint density at radius 2 is 1.88 bits per heavy atom. The summed E-state index contributed by atoms with van der Waals surface area (Å²) in [6, 6.07) is 10.2. The van der Waals surface area contributed by atoms with Crippen LogP contribution in [0.15, 0.2) is 30.3 Å². The molecule has 1 amide bonds. The normalized spacial score (nSPS) is 13.2. The SMILES string of the molecule is CCC(C)(C)NC(=O)C[C@H](C)c1ccccc1. The maximum Gasteiger partial charge on any atom is 0.221 e. The second kappa shape index (κ2) is 5.85. The summed E-state index contributed by atoms with van der Waals surface area (Å²) in [6.45, 7) is 8.28. The van der Waals surface area contributed by atoms with Gasteiger partial charge in [-0.15, -0.1) is 0 Å². The molecule has 0 saturated carbocycles. The van der Waals surface area contributed by atoms with E-state index in [1.165, 1.54) is 5.56 Å². The van der Waals surface area contributed by atoms with Gasteiger partial charge in [0.05, 0.1) is 0 Å². The van der Waals surface area contributed by atoms with Crippen molar-refractivity contribution >= 4 is 5.91 Å². The third-order valence-electron chi connectivity index (χ3n) is 3.22. The fourth-order valence-corrected chi connectivity index (χ4v) is 1.69. The first-order valence-electron chi connectivity index (χ1n) is 6.30. The van der Waals surface area contributed by atoms with E-state index in [1.54, 1.807) is 0 Å². The number of hydrogen-bond acceptors (Lipinski definition) is 1. The molecule has 1 rings (SSSR count). The Balaban J connectivity index is 2.52. The summed E-state index contributed by atoms with van der Waals surface area (Å²) in [5.41, 5.74) is 1.12. The van der Waals surface area contributed by atoms with Gasteiger partial charge >= 0.3 is 0 Å². The van der Waals surface area contributed by atoms with Gasteiger partial charge in [0.25, 0.3) is 0 Å². The van der Waals surface area contributed by atoms with Gasteiger partial charge in [0.1, 0.15) is 0 Å². The molecule has 0 radical (unpaired) electrons. The van der Waals surface area contributed by atoms with Gasteiger partial charge in [-0.3, -0.25) is 4.79 Å². The van der Waals surface area contributed by atoms with Gasteiger partial charge in [-0.1, -0.05) is 44.2 Å². The molecule has 0 fully saturated rings. The van der Waals surface area contributed by atoms with Gasteiger partial charge in [0.15, 0.2) is 0 Å². The lowest BCUT2D eigenvalue weighted by Gasteiger charge is -2.25. The number of hydrogen-bond donors (Lipinski definition) is 1. The number of nitrogens with one attached hydrogen (secondary N) is 1. The molecular formula is C15H23NO. The van der Waals surface area contributed by atoms with Crippen molar-refractivity contribution in [3.63, 3.8) is 0 Å². The topological polar surface area (TPSA) is 29.1 Å². The maximum atomic E-state index is 11.9. The molecule has 1 aromatic carbocycles. The predicted octanol–water partition coefficient (Wildman–Crippen LogP) is 3.49. The lowest BCUT2D eigenvalue weighted by molar-refractivity contribution is -0.123. The van der Waals surface area contributed by atoms with Crippen molar-refractivity contribution in [2.24, 2.45) is 0 Å². The van der Waals surface area contributed by atoms with Gasteiger partial charge in [-0.05, 0) is 31.7 Å². The molecule has 1 aromatic rings. The van der Waals surface area contributed by atoms with E-state index in [0.29, 0.717) is 6.42 Å². The molecule has 0 aromatic heterocycles. The molecule has 2 heteroatoms. The average molecular weight is 233 g/mol. The van der Waals surface area contributed by atoms with Crippen LogP contribution in [0.2, 0.25) is 0 Å². The predicted molar refractivity (Wildman–Crippen MR) is 72.0 cm³/mol. The Morgan fingerprint density at radius 3 is 2.41 bits per heavy atom. The van der Waals surface area contributed by atoms with Crippen LogP contribution in [-0.4, -0.2) is 11.4 Å². The molecule has 0 bridgehead atoms. The maximum absolute atomic E-state index is 11.9. The standard InChI is InChI=1S/C15H23NO/c1-5-15(3,4)16-14(17)11-12(2)13-9-7-6-8-10-13/h6-10,12H,5,11H2,1-4H3,(H,16,17)/t12-/m0/s1. The van der Waals surface area contributed by atoms with Gasteiger partial charge in [-0.2, -0.15) is 0 Å². The molecule has 0 aliphatic rings. The van der Waals surface area contributed by atoms with Crippen LogP contribution in [0.1, 0.15) is 52.0 Å². The van der Waals surface area contributed by atoms with Gasteiger partial charge < -0.3 is 5.32 Å². The Kier molecular flexibility index (Phi) is 4.73. The smallest absolute Gasteiger partial charge is 0.221 e. The fourth-order valence-electron chi connectivity index (χ4n) is 1.69. The number of amides is 1. The minimum absolute atomic E-state index is 0.104. The second-order valence-electron chi connectivity index (χ2n) is 5.30. The van der Waals surface area contributed by atoms with Gasteiger partial charge in [-0.25, -0.2) is 0 Å². The van der Waals surface area contributed by atoms with E-state index >= 15 is 0 Å². The highest BCUT2D eigenvalue weighted by molar-refractivity contribution is 5.77. The van der Waals surface area contributed by atoms with Gasteiger partial charge in [0.2, 0.25) is 5.91 Å². The summed E-state index contributed by atoms with van der Waals surface area (Å²) >= 11 is 0. The Hall–Kier alpha value is -1.31. The van der Waals surface area contributed by atoms with Crippen molar-refractivity contribution in [1.29, 1.82) is 0 Å². The number of carbonyl (C=O) groups excluding carboxylic acids is 1. The summed E-state index contributed by atoms with van der Waals surface area (Å²) < 4.78 is 0. The summed E-state index contributed by atoms with van der Waals surface area (Å²) in [7, 11) is 0. The van der Waals surface area contributed by atoms with Crippen LogP contribution in [-0.2, 0) is 4.79 Å². The van der Waals surface area contributed by atoms with Crippen LogP contribution < -0.4 is 5.32 Å². The summed E-state index contributed by atoms with van der Waals surface area (Å²) in [4.78, 5) is 11.9. The summed E-state index contributed by atoms with van der Waals surface area (Å²) in [5, 5.41) is 3.07. The van der Waals surface area contributed by atoms with Crippen molar-refractivity contribution in [2.45, 2.75) is 52.0 Å². The van der Waals surface area contributed by atoms with Crippen LogP contribution in [0, 0.1) is 0 Å². The molecule has 0 unspecified atom stereocenters. The first-order chi connectivity index (χ1) is 7.94.